The van der Waals surface area contributed by atoms with Crippen LogP contribution >= 0.6 is 0 Å². The van der Waals surface area contributed by atoms with Crippen LogP contribution in [0.5, 0.6) is 5.88 Å². The highest BCUT2D eigenvalue weighted by Crippen LogP contribution is 2.18. The molecule has 0 amide bonds. The molecule has 0 bridgehead atoms. The summed E-state index contributed by atoms with van der Waals surface area (Å²) < 4.78 is 6.57. The molecule has 78 valence electrons. The van der Waals surface area contributed by atoms with Crippen molar-refractivity contribution in [3.05, 3.63) is 11.8 Å². The quantitative estimate of drug-likeness (QED) is 0.784. The summed E-state index contributed by atoms with van der Waals surface area (Å²) in [5, 5.41) is 12.6. The second-order valence-corrected chi connectivity index (χ2v) is 3.37. The van der Waals surface area contributed by atoms with Gasteiger partial charge in [0.05, 0.1) is 5.69 Å². The lowest BCUT2D eigenvalue weighted by Gasteiger charge is -2.00. The third kappa shape index (κ3) is 2.48. The molecule has 0 saturated carbocycles. The van der Waals surface area contributed by atoms with Gasteiger partial charge in [0, 0.05) is 13.1 Å². The third-order valence-electron chi connectivity index (χ3n) is 1.79. The van der Waals surface area contributed by atoms with Crippen molar-refractivity contribution in [3.8, 4) is 5.88 Å². The van der Waals surface area contributed by atoms with Gasteiger partial charge < -0.3 is 9.84 Å². The van der Waals surface area contributed by atoms with Gasteiger partial charge in [0.2, 0.25) is 5.88 Å². The molecular weight excluding hydrogens is 184 g/mol. The summed E-state index contributed by atoms with van der Waals surface area (Å²) in [7, 11) is 1.73. The maximum absolute atomic E-state index is 10.3. The number of carboxylic acids is 1. The fraction of sp³-hybridized carbons (Fsp3) is 0.556. The van der Waals surface area contributed by atoms with E-state index in [2.05, 4.69) is 5.10 Å². The smallest absolute Gasteiger partial charge is 0.341 e. The second kappa shape index (κ2) is 4.13. The van der Waals surface area contributed by atoms with Crippen LogP contribution in [0.25, 0.3) is 0 Å². The molecule has 1 aromatic rings. The highest BCUT2D eigenvalue weighted by atomic mass is 16.5. The molecule has 1 N–H and O–H groups in total. The van der Waals surface area contributed by atoms with Gasteiger partial charge in [-0.3, -0.25) is 0 Å². The van der Waals surface area contributed by atoms with E-state index in [1.54, 1.807) is 13.1 Å². The van der Waals surface area contributed by atoms with E-state index in [9.17, 15) is 4.79 Å². The van der Waals surface area contributed by atoms with Gasteiger partial charge in [-0.05, 0) is 5.92 Å². The molecule has 1 rings (SSSR count). The van der Waals surface area contributed by atoms with Gasteiger partial charge in [0.15, 0.2) is 6.61 Å². The molecule has 5 nitrogen and oxygen atoms in total. The second-order valence-electron chi connectivity index (χ2n) is 3.37. The number of aliphatic carboxylic acids is 1. The predicted octanol–water partition coefficient (Wildman–Crippen LogP) is 1.01. The number of aromatic nitrogens is 2. The first-order valence-electron chi connectivity index (χ1n) is 4.39. The van der Waals surface area contributed by atoms with Crippen LogP contribution in [0.3, 0.4) is 0 Å². The fourth-order valence-electron chi connectivity index (χ4n) is 1.02. The average molecular weight is 198 g/mol. The van der Waals surface area contributed by atoms with Gasteiger partial charge in [-0.15, -0.1) is 0 Å². The summed E-state index contributed by atoms with van der Waals surface area (Å²) in [5.41, 5.74) is 0.896. The van der Waals surface area contributed by atoms with E-state index in [4.69, 9.17) is 9.84 Å². The van der Waals surface area contributed by atoms with Crippen molar-refractivity contribution < 1.29 is 14.6 Å². The Balaban J connectivity index is 2.72. The largest absolute Gasteiger partial charge is 0.479 e. The topological polar surface area (TPSA) is 64.3 Å². The van der Waals surface area contributed by atoms with Crippen LogP contribution in [-0.4, -0.2) is 27.5 Å². The molecule has 0 unspecified atom stereocenters. The number of hydrogen-bond acceptors (Lipinski definition) is 3. The Bertz CT molecular complexity index is 331. The summed E-state index contributed by atoms with van der Waals surface area (Å²) in [4.78, 5) is 10.3. The first kappa shape index (κ1) is 10.6. The van der Waals surface area contributed by atoms with Crippen LogP contribution in [-0.2, 0) is 11.8 Å². The molecular formula is C9H14N2O3. The Labute approximate surface area is 82.3 Å². The minimum atomic E-state index is -0.989. The number of hydrogen-bond donors (Lipinski definition) is 1. The molecule has 0 spiro atoms. The van der Waals surface area contributed by atoms with Crippen molar-refractivity contribution in [2.75, 3.05) is 6.61 Å². The number of ether oxygens (including phenoxy) is 1. The Morgan fingerprint density at radius 2 is 2.36 bits per heavy atom. The van der Waals surface area contributed by atoms with E-state index in [0.29, 0.717) is 11.8 Å². The van der Waals surface area contributed by atoms with E-state index < -0.39 is 5.97 Å². The zero-order valence-corrected chi connectivity index (χ0v) is 8.52. The molecule has 0 saturated heterocycles. The van der Waals surface area contributed by atoms with Gasteiger partial charge in [-0.2, -0.15) is 5.10 Å². The van der Waals surface area contributed by atoms with Crippen LogP contribution in [0.1, 0.15) is 25.5 Å². The van der Waals surface area contributed by atoms with Gasteiger partial charge in [-0.1, -0.05) is 13.8 Å². The van der Waals surface area contributed by atoms with Crippen molar-refractivity contribution in [2.24, 2.45) is 7.05 Å². The fourth-order valence-corrected chi connectivity index (χ4v) is 1.02. The lowest BCUT2D eigenvalue weighted by molar-refractivity contribution is -0.139. The van der Waals surface area contributed by atoms with Crippen molar-refractivity contribution in [3.63, 3.8) is 0 Å². The number of nitrogens with zero attached hydrogens (tertiary/aromatic N) is 2. The first-order valence-corrected chi connectivity index (χ1v) is 4.39. The maximum atomic E-state index is 10.3. The van der Waals surface area contributed by atoms with Gasteiger partial charge >= 0.3 is 5.97 Å². The number of carboxylic acid groups (broad SMARTS) is 1. The zero-order valence-electron chi connectivity index (χ0n) is 8.52. The molecule has 0 aliphatic heterocycles. The van der Waals surface area contributed by atoms with E-state index in [-0.39, 0.29) is 6.61 Å². The standard InChI is InChI=1S/C9H14N2O3/c1-6(2)7-4-8(11(3)10-7)14-5-9(12)13/h4,6H,5H2,1-3H3,(H,12,13). The van der Waals surface area contributed by atoms with E-state index in [0.717, 1.165) is 5.69 Å². The monoisotopic (exact) mass is 198 g/mol. The highest BCUT2D eigenvalue weighted by molar-refractivity contribution is 5.68. The van der Waals surface area contributed by atoms with Gasteiger partial charge in [0.25, 0.3) is 0 Å². The highest BCUT2D eigenvalue weighted by Gasteiger charge is 2.09. The van der Waals surface area contributed by atoms with Crippen LogP contribution in [0, 0.1) is 0 Å². The summed E-state index contributed by atoms with van der Waals surface area (Å²) >= 11 is 0. The molecule has 0 aliphatic carbocycles. The summed E-state index contributed by atoms with van der Waals surface area (Å²) in [6, 6.07) is 1.76. The van der Waals surface area contributed by atoms with Crippen LogP contribution < -0.4 is 4.74 Å². The van der Waals surface area contributed by atoms with Gasteiger partial charge in [-0.25, -0.2) is 9.48 Å². The Kier molecular flexibility index (Phi) is 3.11. The maximum Gasteiger partial charge on any atom is 0.341 e. The molecule has 1 heterocycles. The van der Waals surface area contributed by atoms with Gasteiger partial charge in [0.1, 0.15) is 0 Å². The van der Waals surface area contributed by atoms with E-state index >= 15 is 0 Å². The minimum Gasteiger partial charge on any atom is -0.479 e. The summed E-state index contributed by atoms with van der Waals surface area (Å²) in [5.74, 6) is -0.197. The lowest BCUT2D eigenvalue weighted by atomic mass is 10.1. The lowest BCUT2D eigenvalue weighted by Crippen LogP contribution is -2.11. The molecule has 0 aromatic carbocycles. The molecule has 14 heavy (non-hydrogen) atoms. The number of carbonyl (C=O) groups is 1. The summed E-state index contributed by atoms with van der Waals surface area (Å²) in [6.07, 6.45) is 0. The van der Waals surface area contributed by atoms with Crippen molar-refractivity contribution >= 4 is 5.97 Å². The third-order valence-corrected chi connectivity index (χ3v) is 1.79. The first-order chi connectivity index (χ1) is 6.50. The minimum absolute atomic E-state index is 0.309. The number of rotatable bonds is 4. The van der Waals surface area contributed by atoms with Crippen LogP contribution in [0.15, 0.2) is 6.07 Å². The van der Waals surface area contributed by atoms with E-state index in [1.165, 1.54) is 4.68 Å². The van der Waals surface area contributed by atoms with Crippen molar-refractivity contribution in [1.82, 2.24) is 9.78 Å². The number of aryl methyl sites for hydroxylation is 1. The molecule has 1 aromatic heterocycles. The molecule has 0 radical (unpaired) electrons. The van der Waals surface area contributed by atoms with Crippen LogP contribution in [0.2, 0.25) is 0 Å². The molecule has 0 fully saturated rings. The average Bonchev–Trinajstić information content (AvgIpc) is 2.43. The normalized spacial score (nSPS) is 10.6. The SMILES string of the molecule is CC(C)c1cc(OCC(=O)O)n(C)n1. The molecule has 0 aliphatic rings. The molecule has 5 heteroatoms. The van der Waals surface area contributed by atoms with E-state index in [1.807, 2.05) is 13.8 Å². The molecule has 0 atom stereocenters. The predicted molar refractivity (Wildman–Crippen MR) is 50.4 cm³/mol. The van der Waals surface area contributed by atoms with Crippen LogP contribution in [0.4, 0.5) is 0 Å². The Morgan fingerprint density at radius 3 is 2.79 bits per heavy atom. The van der Waals surface area contributed by atoms with Crippen molar-refractivity contribution in [2.45, 2.75) is 19.8 Å². The Hall–Kier alpha value is -1.52. The van der Waals surface area contributed by atoms with Crippen molar-refractivity contribution in [1.29, 1.82) is 0 Å². The Morgan fingerprint density at radius 1 is 1.71 bits per heavy atom. The summed E-state index contributed by atoms with van der Waals surface area (Å²) in [6.45, 7) is 3.70. The zero-order chi connectivity index (χ0) is 10.7.